The van der Waals surface area contributed by atoms with Crippen LogP contribution < -0.4 is 4.74 Å². The number of carbonyl (C=O) groups excluding carboxylic acids is 2. The third-order valence-corrected chi connectivity index (χ3v) is 4.68. The zero-order valence-corrected chi connectivity index (χ0v) is 15.2. The number of hydrogen-bond donors (Lipinski definition) is 0. The van der Waals surface area contributed by atoms with Crippen molar-refractivity contribution in [1.82, 2.24) is 4.90 Å². The summed E-state index contributed by atoms with van der Waals surface area (Å²) >= 11 is 0. The molecule has 2 aromatic rings. The minimum Gasteiger partial charge on any atom is -0.482 e. The fourth-order valence-electron chi connectivity index (χ4n) is 2.93. The highest BCUT2D eigenvalue weighted by molar-refractivity contribution is 5.81. The quantitative estimate of drug-likeness (QED) is 0.776. The number of carbonyl (C=O) groups is 2. The molecule has 0 radical (unpaired) electrons. The highest BCUT2D eigenvalue weighted by Gasteiger charge is 2.21. The molecule has 0 fully saturated rings. The molecule has 0 aliphatic carbocycles. The number of rotatable bonds is 5. The fourth-order valence-corrected chi connectivity index (χ4v) is 2.93. The van der Waals surface area contributed by atoms with Gasteiger partial charge in [0.2, 0.25) is 0 Å². The monoisotopic (exact) mass is 353 g/mol. The Morgan fingerprint density at radius 2 is 1.77 bits per heavy atom. The standard InChI is InChI=1S/C21H23NO4/c1-15-7-8-19(11-16(15)2)25-14-21(24)26-13-20(23)22-10-9-17-5-3-4-6-18(17)12-22/h3-8,11H,9-10,12-14H2,1-2H3. The first-order valence-corrected chi connectivity index (χ1v) is 8.73. The van der Waals surface area contributed by atoms with E-state index in [0.717, 1.165) is 23.1 Å². The summed E-state index contributed by atoms with van der Waals surface area (Å²) in [6, 6.07) is 13.7. The maximum Gasteiger partial charge on any atom is 0.344 e. The van der Waals surface area contributed by atoms with Gasteiger partial charge in [-0.3, -0.25) is 4.79 Å². The fraction of sp³-hybridized carbons (Fsp3) is 0.333. The van der Waals surface area contributed by atoms with Gasteiger partial charge in [-0.2, -0.15) is 0 Å². The molecular formula is C21H23NO4. The van der Waals surface area contributed by atoms with Crippen molar-refractivity contribution in [3.05, 3.63) is 64.7 Å². The second kappa shape index (κ2) is 8.04. The van der Waals surface area contributed by atoms with Gasteiger partial charge in [-0.25, -0.2) is 4.79 Å². The summed E-state index contributed by atoms with van der Waals surface area (Å²) in [5, 5.41) is 0. The second-order valence-corrected chi connectivity index (χ2v) is 6.53. The maximum atomic E-state index is 12.3. The summed E-state index contributed by atoms with van der Waals surface area (Å²) in [7, 11) is 0. The number of amides is 1. The molecule has 0 saturated heterocycles. The van der Waals surface area contributed by atoms with E-state index in [1.807, 2.05) is 50.2 Å². The lowest BCUT2D eigenvalue weighted by atomic mass is 10.00. The number of fused-ring (bicyclic) bond motifs is 1. The Labute approximate surface area is 153 Å². The van der Waals surface area contributed by atoms with Gasteiger partial charge in [-0.15, -0.1) is 0 Å². The maximum absolute atomic E-state index is 12.3. The van der Waals surface area contributed by atoms with E-state index in [2.05, 4.69) is 6.07 Å². The van der Waals surface area contributed by atoms with Crippen molar-refractivity contribution in [3.8, 4) is 5.75 Å². The van der Waals surface area contributed by atoms with Crippen LogP contribution in [0, 0.1) is 13.8 Å². The summed E-state index contributed by atoms with van der Waals surface area (Å²) in [5.41, 5.74) is 4.68. The molecule has 1 amide bonds. The van der Waals surface area contributed by atoms with Crippen molar-refractivity contribution in [2.45, 2.75) is 26.8 Å². The average molecular weight is 353 g/mol. The topological polar surface area (TPSA) is 55.8 Å². The van der Waals surface area contributed by atoms with Gasteiger partial charge in [0.15, 0.2) is 13.2 Å². The molecule has 0 bridgehead atoms. The van der Waals surface area contributed by atoms with Gasteiger partial charge in [0.1, 0.15) is 5.75 Å². The van der Waals surface area contributed by atoms with Crippen molar-refractivity contribution in [3.63, 3.8) is 0 Å². The van der Waals surface area contributed by atoms with Crippen LogP contribution in [0.15, 0.2) is 42.5 Å². The van der Waals surface area contributed by atoms with Gasteiger partial charge in [-0.05, 0) is 54.7 Å². The molecule has 0 spiro atoms. The summed E-state index contributed by atoms with van der Waals surface area (Å²) < 4.78 is 10.5. The van der Waals surface area contributed by atoms with Crippen molar-refractivity contribution in [2.75, 3.05) is 19.8 Å². The van der Waals surface area contributed by atoms with Gasteiger partial charge in [-0.1, -0.05) is 30.3 Å². The highest BCUT2D eigenvalue weighted by Crippen LogP contribution is 2.19. The van der Waals surface area contributed by atoms with Crippen molar-refractivity contribution < 1.29 is 19.1 Å². The molecular weight excluding hydrogens is 330 g/mol. The van der Waals surface area contributed by atoms with Crippen LogP contribution >= 0.6 is 0 Å². The highest BCUT2D eigenvalue weighted by atomic mass is 16.6. The van der Waals surface area contributed by atoms with Gasteiger partial charge < -0.3 is 14.4 Å². The molecule has 1 heterocycles. The molecule has 5 heteroatoms. The van der Waals surface area contributed by atoms with Crippen LogP contribution in [0.2, 0.25) is 0 Å². The Bertz CT molecular complexity index is 815. The molecule has 5 nitrogen and oxygen atoms in total. The Kier molecular flexibility index (Phi) is 5.56. The van der Waals surface area contributed by atoms with Crippen molar-refractivity contribution in [2.24, 2.45) is 0 Å². The van der Waals surface area contributed by atoms with E-state index in [0.29, 0.717) is 18.8 Å². The third kappa shape index (κ3) is 4.42. The number of hydrogen-bond acceptors (Lipinski definition) is 4. The van der Waals surface area contributed by atoms with Gasteiger partial charge >= 0.3 is 5.97 Å². The minimum absolute atomic E-state index is 0.181. The van der Waals surface area contributed by atoms with E-state index in [9.17, 15) is 9.59 Å². The molecule has 26 heavy (non-hydrogen) atoms. The first-order chi connectivity index (χ1) is 12.5. The molecule has 0 atom stereocenters. The summed E-state index contributed by atoms with van der Waals surface area (Å²) in [5.74, 6) is -0.114. The Morgan fingerprint density at radius 1 is 1.00 bits per heavy atom. The molecule has 1 aliphatic heterocycles. The molecule has 0 N–H and O–H groups in total. The molecule has 3 rings (SSSR count). The molecule has 2 aromatic carbocycles. The van der Waals surface area contributed by atoms with Crippen LogP contribution in [-0.2, 0) is 27.3 Å². The van der Waals surface area contributed by atoms with Crippen LogP contribution in [0.4, 0.5) is 0 Å². The normalized spacial score (nSPS) is 13.1. The van der Waals surface area contributed by atoms with Gasteiger partial charge in [0.25, 0.3) is 5.91 Å². The molecule has 0 aromatic heterocycles. The summed E-state index contributed by atoms with van der Waals surface area (Å²) in [6.45, 7) is 4.74. The Morgan fingerprint density at radius 3 is 2.54 bits per heavy atom. The molecule has 0 unspecified atom stereocenters. The zero-order valence-electron chi connectivity index (χ0n) is 15.2. The molecule has 0 saturated carbocycles. The van der Waals surface area contributed by atoms with Gasteiger partial charge in [0, 0.05) is 13.1 Å². The SMILES string of the molecule is Cc1ccc(OCC(=O)OCC(=O)N2CCc3ccccc3C2)cc1C. The summed E-state index contributed by atoms with van der Waals surface area (Å²) in [4.78, 5) is 25.8. The lowest BCUT2D eigenvalue weighted by molar-refractivity contribution is -0.154. The minimum atomic E-state index is -0.547. The lowest BCUT2D eigenvalue weighted by Crippen LogP contribution is -2.38. The Balaban J connectivity index is 1.44. The van der Waals surface area contributed by atoms with E-state index in [-0.39, 0.29) is 19.1 Å². The van der Waals surface area contributed by atoms with Crippen molar-refractivity contribution in [1.29, 1.82) is 0 Å². The van der Waals surface area contributed by atoms with Crippen LogP contribution in [-0.4, -0.2) is 36.5 Å². The number of aryl methyl sites for hydroxylation is 2. The lowest BCUT2D eigenvalue weighted by Gasteiger charge is -2.28. The van der Waals surface area contributed by atoms with Crippen LogP contribution in [0.25, 0.3) is 0 Å². The van der Waals surface area contributed by atoms with Crippen LogP contribution in [0.5, 0.6) is 5.75 Å². The predicted octanol–water partition coefficient (Wildman–Crippen LogP) is 2.81. The molecule has 136 valence electrons. The van der Waals surface area contributed by atoms with Gasteiger partial charge in [0.05, 0.1) is 0 Å². The average Bonchev–Trinajstić information content (AvgIpc) is 2.66. The van der Waals surface area contributed by atoms with E-state index < -0.39 is 5.97 Å². The molecule has 1 aliphatic rings. The largest absolute Gasteiger partial charge is 0.482 e. The van der Waals surface area contributed by atoms with Crippen LogP contribution in [0.1, 0.15) is 22.3 Å². The van der Waals surface area contributed by atoms with Crippen molar-refractivity contribution >= 4 is 11.9 Å². The third-order valence-electron chi connectivity index (χ3n) is 4.68. The van der Waals surface area contributed by atoms with E-state index >= 15 is 0 Å². The van der Waals surface area contributed by atoms with E-state index in [1.54, 1.807) is 4.90 Å². The second-order valence-electron chi connectivity index (χ2n) is 6.53. The summed E-state index contributed by atoms with van der Waals surface area (Å²) in [6.07, 6.45) is 0.825. The van der Waals surface area contributed by atoms with E-state index in [1.165, 1.54) is 5.56 Å². The first kappa shape index (κ1) is 18.0. The number of esters is 1. The number of benzene rings is 2. The zero-order chi connectivity index (χ0) is 18.5. The first-order valence-electron chi connectivity index (χ1n) is 8.73. The Hall–Kier alpha value is -2.82. The number of ether oxygens (including phenoxy) is 2. The van der Waals surface area contributed by atoms with E-state index in [4.69, 9.17) is 9.47 Å². The van der Waals surface area contributed by atoms with Crippen LogP contribution in [0.3, 0.4) is 0 Å². The number of nitrogens with zero attached hydrogens (tertiary/aromatic N) is 1. The predicted molar refractivity (Wildman–Crippen MR) is 97.9 cm³/mol. The smallest absolute Gasteiger partial charge is 0.344 e.